The van der Waals surface area contributed by atoms with Gasteiger partial charge in [0.25, 0.3) is 0 Å². The Kier molecular flexibility index (Phi) is 12.0. The van der Waals surface area contributed by atoms with Crippen molar-refractivity contribution in [2.24, 2.45) is 0 Å². The second-order valence-electron chi connectivity index (χ2n) is 13.6. The van der Waals surface area contributed by atoms with Gasteiger partial charge in [-0.1, -0.05) is 0 Å². The third-order valence-electron chi connectivity index (χ3n) is 10.4. The summed E-state index contributed by atoms with van der Waals surface area (Å²) in [6, 6.07) is 1.62. The number of allylic oxidation sites excluding steroid dienone is 2. The third-order valence-corrected chi connectivity index (χ3v) is 11.2. The number of carbonyl (C=O) groups is 4. The van der Waals surface area contributed by atoms with E-state index in [1.807, 2.05) is 0 Å². The summed E-state index contributed by atoms with van der Waals surface area (Å²) in [6.07, 6.45) is 3.48. The zero-order chi connectivity index (χ0) is 42.4. The highest BCUT2D eigenvalue weighted by molar-refractivity contribution is 9.10. The minimum Gasteiger partial charge on any atom is -0.506 e. The first-order valence-electron chi connectivity index (χ1n) is 17.4. The van der Waals surface area contributed by atoms with Crippen LogP contribution in [0, 0.1) is 61.2 Å². The molecule has 1 heterocycles. The monoisotopic (exact) mass is 849 g/mol. The van der Waals surface area contributed by atoms with Crippen molar-refractivity contribution in [3.05, 3.63) is 102 Å². The van der Waals surface area contributed by atoms with Crippen molar-refractivity contribution in [3.63, 3.8) is 0 Å². The van der Waals surface area contributed by atoms with E-state index in [2.05, 4.69) is 20.9 Å². The molecule has 3 aromatic carbocycles. The normalized spacial score (nSPS) is 15.2. The van der Waals surface area contributed by atoms with Crippen LogP contribution in [-0.4, -0.2) is 65.5 Å². The van der Waals surface area contributed by atoms with Crippen molar-refractivity contribution in [1.82, 2.24) is 4.98 Å². The second-order valence-corrected chi connectivity index (χ2v) is 14.4. The summed E-state index contributed by atoms with van der Waals surface area (Å²) in [5, 5.41) is 23.4. The van der Waals surface area contributed by atoms with Gasteiger partial charge in [0.2, 0.25) is 11.5 Å². The van der Waals surface area contributed by atoms with Gasteiger partial charge >= 0.3 is 17.9 Å². The number of aryl methyl sites for hydroxylation is 2. The molecule has 1 aliphatic rings. The molecule has 0 saturated heterocycles. The molecule has 0 fully saturated rings. The van der Waals surface area contributed by atoms with Crippen LogP contribution in [0.2, 0.25) is 0 Å². The Morgan fingerprint density at radius 1 is 0.789 bits per heavy atom. The van der Waals surface area contributed by atoms with Gasteiger partial charge in [0.05, 0.1) is 18.1 Å². The highest BCUT2D eigenvalue weighted by atomic mass is 79.9. The molecule has 0 spiro atoms. The maximum atomic E-state index is 16.4. The van der Waals surface area contributed by atoms with Crippen LogP contribution in [-0.2, 0) is 23.8 Å². The van der Waals surface area contributed by atoms with Crippen LogP contribution in [0.4, 0.5) is 4.39 Å². The molecule has 0 saturated carbocycles. The van der Waals surface area contributed by atoms with Crippen molar-refractivity contribution >= 4 is 50.4 Å². The lowest BCUT2D eigenvalue weighted by molar-refractivity contribution is -0.151. The molecule has 1 aromatic heterocycles. The summed E-state index contributed by atoms with van der Waals surface area (Å²) in [7, 11) is 2.59. The summed E-state index contributed by atoms with van der Waals surface area (Å²) in [5.41, 5.74) is 0.641. The second kappa shape index (κ2) is 16.1. The van der Waals surface area contributed by atoms with Crippen molar-refractivity contribution in [1.29, 1.82) is 0 Å². The van der Waals surface area contributed by atoms with E-state index in [-0.39, 0.29) is 62.0 Å². The molecular weight excluding hydrogens is 809 g/mol. The number of carbonyl (C=O) groups excluding carboxylic acids is 4. The molecule has 0 radical (unpaired) electrons. The molecule has 5 rings (SSSR count). The first kappa shape index (κ1) is 42.5. The molecule has 1 aliphatic carbocycles. The Hall–Kier alpha value is -5.64. The minimum absolute atomic E-state index is 0.0572. The fourth-order valence-electron chi connectivity index (χ4n) is 6.76. The third kappa shape index (κ3) is 7.15. The van der Waals surface area contributed by atoms with Gasteiger partial charge in [0.15, 0.2) is 29.9 Å². The molecule has 0 aliphatic heterocycles. The fourth-order valence-corrected chi connectivity index (χ4v) is 7.33. The number of nitrogens with zero attached hydrogens (tertiary/aromatic N) is 1. The Bertz CT molecular complexity index is 2430. The molecule has 0 unspecified atom stereocenters. The molecule has 15 heteroatoms. The topological polar surface area (TPSA) is 177 Å². The van der Waals surface area contributed by atoms with Crippen LogP contribution < -0.4 is 14.2 Å². The first-order valence-corrected chi connectivity index (χ1v) is 18.2. The number of hydrogen-bond acceptors (Lipinski definition) is 13. The number of esters is 3. The van der Waals surface area contributed by atoms with Gasteiger partial charge in [-0.2, -0.15) is 0 Å². The minimum atomic E-state index is -2.46. The predicted molar refractivity (Wildman–Crippen MR) is 209 cm³/mol. The van der Waals surface area contributed by atoms with Crippen molar-refractivity contribution in [2.45, 2.75) is 67.9 Å². The molecule has 4 aromatic rings. The molecule has 57 heavy (non-hydrogen) atoms. The number of fused-ring (bicyclic) bond motifs is 1. The lowest BCUT2D eigenvalue weighted by Gasteiger charge is -2.30. The smallest absolute Gasteiger partial charge is 0.356 e. The largest absolute Gasteiger partial charge is 0.506 e. The number of hydrogen-bond donors (Lipinski definition) is 2. The van der Waals surface area contributed by atoms with Crippen LogP contribution in [0.1, 0.15) is 72.1 Å². The van der Waals surface area contributed by atoms with E-state index < -0.39 is 46.6 Å². The van der Waals surface area contributed by atoms with E-state index in [0.717, 1.165) is 12.2 Å². The standard InChI is InChI=1S/C42H41BrFNO12/c1-17-14-26(46)15-28(53-11)42(17,51)41(50)57-36-23(7)20(4)31(34(47)32(36)43)40(49)56-37-24(8)27-12-13-45-38(30(27)25(9)33(37)44)55-35-21(5)18(2)29(19(3)22(35)6)39(48)54-16-52-10/h12-15,47,51H,16H2,1-11H3/t42-/m1/s1. The molecule has 300 valence electrons. The van der Waals surface area contributed by atoms with E-state index in [9.17, 15) is 29.4 Å². The van der Waals surface area contributed by atoms with Gasteiger partial charge in [-0.25, -0.2) is 23.8 Å². The Morgan fingerprint density at radius 3 is 1.98 bits per heavy atom. The molecule has 13 nitrogen and oxygen atoms in total. The highest BCUT2D eigenvalue weighted by Gasteiger charge is 2.48. The predicted octanol–water partition coefficient (Wildman–Crippen LogP) is 7.78. The summed E-state index contributed by atoms with van der Waals surface area (Å²) in [4.78, 5) is 56.5. The molecule has 0 bridgehead atoms. The maximum absolute atomic E-state index is 16.4. The van der Waals surface area contributed by atoms with E-state index in [0.29, 0.717) is 44.3 Å². The fraction of sp³-hybridized carbons (Fsp3) is 0.310. The van der Waals surface area contributed by atoms with Crippen LogP contribution >= 0.6 is 15.9 Å². The molecule has 2 N–H and O–H groups in total. The lowest BCUT2D eigenvalue weighted by Crippen LogP contribution is -2.47. The highest BCUT2D eigenvalue weighted by Crippen LogP contribution is 2.46. The van der Waals surface area contributed by atoms with Gasteiger partial charge in [0.1, 0.15) is 27.3 Å². The van der Waals surface area contributed by atoms with Crippen LogP contribution in [0.25, 0.3) is 10.8 Å². The number of aliphatic hydroxyl groups is 1. The number of pyridine rings is 1. The molecule has 0 amide bonds. The number of rotatable bonds is 10. The summed E-state index contributed by atoms with van der Waals surface area (Å²) in [5.74, 6) is -5.48. The Balaban J connectivity index is 1.51. The van der Waals surface area contributed by atoms with Crippen molar-refractivity contribution in [2.75, 3.05) is 21.0 Å². The quantitative estimate of drug-likeness (QED) is 0.0900. The van der Waals surface area contributed by atoms with Crippen molar-refractivity contribution in [3.8, 4) is 28.9 Å². The van der Waals surface area contributed by atoms with E-state index >= 15 is 4.39 Å². The number of ether oxygens (including phenoxy) is 6. The number of aromatic nitrogens is 1. The van der Waals surface area contributed by atoms with E-state index in [1.165, 1.54) is 48.1 Å². The van der Waals surface area contributed by atoms with Crippen LogP contribution in [0.15, 0.2) is 40.2 Å². The Morgan fingerprint density at radius 2 is 1.39 bits per heavy atom. The first-order chi connectivity index (χ1) is 26.7. The summed E-state index contributed by atoms with van der Waals surface area (Å²) >= 11 is 3.19. The summed E-state index contributed by atoms with van der Waals surface area (Å²) < 4.78 is 49.0. The number of phenolic OH excluding ortho intramolecular Hbond substituents is 1. The van der Waals surface area contributed by atoms with Gasteiger partial charge in [-0.05, 0) is 135 Å². The van der Waals surface area contributed by atoms with Crippen LogP contribution in [0.5, 0.6) is 28.9 Å². The van der Waals surface area contributed by atoms with E-state index in [1.54, 1.807) is 40.7 Å². The summed E-state index contributed by atoms with van der Waals surface area (Å²) in [6.45, 7) is 14.2. The number of ketones is 1. The van der Waals surface area contributed by atoms with Crippen molar-refractivity contribution < 1.29 is 62.2 Å². The average Bonchev–Trinajstić information content (AvgIpc) is 3.17. The number of methoxy groups -OCH3 is 2. The number of aromatic hydroxyl groups is 1. The van der Waals surface area contributed by atoms with Gasteiger partial charge in [-0.3, -0.25) is 4.79 Å². The van der Waals surface area contributed by atoms with Crippen LogP contribution in [0.3, 0.4) is 0 Å². The molecular formula is C42H41BrFNO12. The van der Waals surface area contributed by atoms with Gasteiger partial charge in [-0.15, -0.1) is 0 Å². The number of phenols is 1. The zero-order valence-corrected chi connectivity index (χ0v) is 34.8. The SMILES string of the molecule is COCOC(=O)c1c(C)c(C)c(Oc2nccc3c(C)c(OC(=O)c4c(C)c(C)c(OC(=O)[C@@]5(O)C(C)=CC(=O)C=C5OC)c(Br)c4O)c(F)c(C)c23)c(C)c1C. The zero-order valence-electron chi connectivity index (χ0n) is 33.2. The van der Waals surface area contributed by atoms with E-state index in [4.69, 9.17) is 28.4 Å². The number of halogens is 2. The maximum Gasteiger partial charge on any atom is 0.356 e. The Labute approximate surface area is 336 Å². The number of benzene rings is 3. The lowest BCUT2D eigenvalue weighted by atomic mass is 9.87. The van der Waals surface area contributed by atoms with Gasteiger partial charge < -0.3 is 38.6 Å². The average molecular weight is 851 g/mol. The molecule has 1 atom stereocenters. The van der Waals surface area contributed by atoms with Gasteiger partial charge in [0, 0.05) is 30.5 Å².